The molecule has 0 bridgehead atoms. The Labute approximate surface area is 58.7 Å². The molecule has 0 aliphatic heterocycles. The van der Waals surface area contributed by atoms with Crippen LogP contribution in [-0.4, -0.2) is 10.1 Å². The molecule has 1 aliphatic rings. The van der Waals surface area contributed by atoms with Crippen molar-refractivity contribution in [2.45, 2.75) is 18.8 Å². The summed E-state index contributed by atoms with van der Waals surface area (Å²) in [5, 5.41) is 3.79. The van der Waals surface area contributed by atoms with E-state index < -0.39 is 0 Å². The Hall–Kier alpha value is -1.12. The summed E-state index contributed by atoms with van der Waals surface area (Å²) in [5.74, 6) is 1.94. The van der Waals surface area contributed by atoms with Crippen molar-refractivity contribution in [2.24, 2.45) is 0 Å². The molecule has 10 heavy (non-hydrogen) atoms. The van der Waals surface area contributed by atoms with Gasteiger partial charge in [-0.05, 0) is 18.9 Å². The molecular weight excluding hydrogens is 128 g/mol. The summed E-state index contributed by atoms with van der Waals surface area (Å²) in [6, 6.07) is 0. The van der Waals surface area contributed by atoms with Crippen LogP contribution < -0.4 is 0 Å². The second-order valence-corrected chi connectivity index (χ2v) is 2.47. The first-order valence-electron chi connectivity index (χ1n) is 3.36. The summed E-state index contributed by atoms with van der Waals surface area (Å²) in [6.45, 7) is 3.53. The molecule has 0 saturated heterocycles. The maximum Gasteiger partial charge on any atom is 0.250 e. The van der Waals surface area contributed by atoms with E-state index in [-0.39, 0.29) is 0 Å². The lowest BCUT2D eigenvalue weighted by Gasteiger charge is -1.77. The summed E-state index contributed by atoms with van der Waals surface area (Å²) in [7, 11) is 0. The minimum atomic E-state index is 0.530. The van der Waals surface area contributed by atoms with E-state index in [1.165, 1.54) is 12.8 Å². The van der Waals surface area contributed by atoms with Gasteiger partial charge >= 0.3 is 0 Å². The number of aromatic nitrogens is 2. The zero-order chi connectivity index (χ0) is 6.97. The SMILES string of the molecule is C=Cc1nc(C2CC2)no1. The Morgan fingerprint density at radius 3 is 2.90 bits per heavy atom. The number of hydrogen-bond donors (Lipinski definition) is 0. The summed E-state index contributed by atoms with van der Waals surface area (Å²) in [5.41, 5.74) is 0. The van der Waals surface area contributed by atoms with E-state index in [0.29, 0.717) is 11.8 Å². The lowest BCUT2D eigenvalue weighted by molar-refractivity contribution is 0.403. The van der Waals surface area contributed by atoms with Crippen LogP contribution in [0.5, 0.6) is 0 Å². The van der Waals surface area contributed by atoms with E-state index in [2.05, 4.69) is 16.7 Å². The monoisotopic (exact) mass is 136 g/mol. The third-order valence-electron chi connectivity index (χ3n) is 1.57. The van der Waals surface area contributed by atoms with Crippen molar-refractivity contribution in [3.05, 3.63) is 18.3 Å². The maximum atomic E-state index is 4.84. The Kier molecular flexibility index (Phi) is 1.09. The Morgan fingerprint density at radius 1 is 1.60 bits per heavy atom. The van der Waals surface area contributed by atoms with Crippen LogP contribution in [0, 0.1) is 0 Å². The summed E-state index contributed by atoms with van der Waals surface area (Å²) in [6.07, 6.45) is 3.98. The molecule has 3 heteroatoms. The molecule has 0 atom stereocenters. The second kappa shape index (κ2) is 1.94. The van der Waals surface area contributed by atoms with Gasteiger partial charge in [0.15, 0.2) is 5.82 Å². The molecule has 2 rings (SSSR count). The van der Waals surface area contributed by atoms with E-state index in [4.69, 9.17) is 4.52 Å². The van der Waals surface area contributed by atoms with Crippen molar-refractivity contribution in [1.29, 1.82) is 0 Å². The average Bonchev–Trinajstić information content (AvgIpc) is 2.70. The zero-order valence-electron chi connectivity index (χ0n) is 5.58. The number of nitrogens with zero attached hydrogens (tertiary/aromatic N) is 2. The summed E-state index contributed by atoms with van der Waals surface area (Å²) in [4.78, 5) is 4.09. The molecule has 1 saturated carbocycles. The molecule has 1 aromatic heterocycles. The van der Waals surface area contributed by atoms with E-state index >= 15 is 0 Å². The van der Waals surface area contributed by atoms with Gasteiger partial charge in [-0.25, -0.2) is 0 Å². The number of rotatable bonds is 2. The predicted octanol–water partition coefficient (Wildman–Crippen LogP) is 1.59. The zero-order valence-corrected chi connectivity index (χ0v) is 5.58. The van der Waals surface area contributed by atoms with Crippen molar-refractivity contribution in [2.75, 3.05) is 0 Å². The van der Waals surface area contributed by atoms with Gasteiger partial charge in [0.25, 0.3) is 0 Å². The standard InChI is InChI=1S/C7H8N2O/c1-2-6-8-7(9-10-6)5-3-4-5/h2,5H,1,3-4H2. The third-order valence-corrected chi connectivity index (χ3v) is 1.57. The predicted molar refractivity (Wildman–Crippen MR) is 36.4 cm³/mol. The van der Waals surface area contributed by atoms with Gasteiger partial charge in [-0.15, -0.1) is 0 Å². The molecule has 1 heterocycles. The fourth-order valence-electron chi connectivity index (χ4n) is 0.838. The molecule has 0 N–H and O–H groups in total. The fraction of sp³-hybridized carbons (Fsp3) is 0.429. The highest BCUT2D eigenvalue weighted by atomic mass is 16.5. The maximum absolute atomic E-state index is 4.84. The topological polar surface area (TPSA) is 38.9 Å². The third kappa shape index (κ3) is 0.835. The molecule has 1 fully saturated rings. The average molecular weight is 136 g/mol. The van der Waals surface area contributed by atoms with Crippen LogP contribution in [0.2, 0.25) is 0 Å². The molecule has 0 spiro atoms. The molecule has 0 amide bonds. The van der Waals surface area contributed by atoms with Crippen molar-refractivity contribution in [3.63, 3.8) is 0 Å². The normalized spacial score (nSPS) is 17.2. The van der Waals surface area contributed by atoms with Gasteiger partial charge in [0.1, 0.15) is 0 Å². The minimum Gasteiger partial charge on any atom is -0.335 e. The van der Waals surface area contributed by atoms with Crippen molar-refractivity contribution >= 4 is 6.08 Å². The highest BCUT2D eigenvalue weighted by molar-refractivity contribution is 5.33. The Balaban J connectivity index is 2.26. The molecule has 0 aromatic carbocycles. The van der Waals surface area contributed by atoms with Crippen LogP contribution in [0.1, 0.15) is 30.5 Å². The van der Waals surface area contributed by atoms with Crippen molar-refractivity contribution in [3.8, 4) is 0 Å². The lowest BCUT2D eigenvalue weighted by Crippen LogP contribution is -1.80. The van der Waals surface area contributed by atoms with Crippen molar-refractivity contribution < 1.29 is 4.52 Å². The van der Waals surface area contributed by atoms with Crippen molar-refractivity contribution in [1.82, 2.24) is 10.1 Å². The highest BCUT2D eigenvalue weighted by Gasteiger charge is 2.28. The van der Waals surface area contributed by atoms with Crippen LogP contribution in [-0.2, 0) is 0 Å². The first-order valence-corrected chi connectivity index (χ1v) is 3.36. The van der Waals surface area contributed by atoms with Gasteiger partial charge in [0.05, 0.1) is 0 Å². The second-order valence-electron chi connectivity index (χ2n) is 2.47. The van der Waals surface area contributed by atoms with Crippen LogP contribution >= 0.6 is 0 Å². The Bertz CT molecular complexity index is 250. The van der Waals surface area contributed by atoms with E-state index in [9.17, 15) is 0 Å². The highest BCUT2D eigenvalue weighted by Crippen LogP contribution is 2.38. The van der Waals surface area contributed by atoms with E-state index in [1.807, 2.05) is 0 Å². The van der Waals surface area contributed by atoms with Gasteiger partial charge in [0, 0.05) is 5.92 Å². The van der Waals surface area contributed by atoms with Gasteiger partial charge in [0.2, 0.25) is 5.89 Å². The van der Waals surface area contributed by atoms with Crippen LogP contribution in [0.3, 0.4) is 0 Å². The first kappa shape index (κ1) is 5.65. The first-order chi connectivity index (χ1) is 4.90. The van der Waals surface area contributed by atoms with E-state index in [0.717, 1.165) is 5.82 Å². The summed E-state index contributed by atoms with van der Waals surface area (Å²) < 4.78 is 4.84. The van der Waals surface area contributed by atoms with Gasteiger partial charge in [-0.2, -0.15) is 4.98 Å². The van der Waals surface area contributed by atoms with Crippen LogP contribution in [0.25, 0.3) is 6.08 Å². The molecule has 52 valence electrons. The van der Waals surface area contributed by atoms with Gasteiger partial charge < -0.3 is 4.52 Å². The molecule has 0 radical (unpaired) electrons. The summed E-state index contributed by atoms with van der Waals surface area (Å²) >= 11 is 0. The number of hydrogen-bond acceptors (Lipinski definition) is 3. The smallest absolute Gasteiger partial charge is 0.250 e. The fourth-order valence-corrected chi connectivity index (χ4v) is 0.838. The minimum absolute atomic E-state index is 0.530. The lowest BCUT2D eigenvalue weighted by atomic mass is 10.4. The molecule has 1 aliphatic carbocycles. The van der Waals surface area contributed by atoms with Crippen LogP contribution in [0.15, 0.2) is 11.1 Å². The largest absolute Gasteiger partial charge is 0.335 e. The molecule has 0 unspecified atom stereocenters. The quantitative estimate of drug-likeness (QED) is 0.619. The molecule has 3 nitrogen and oxygen atoms in total. The van der Waals surface area contributed by atoms with Gasteiger partial charge in [-0.1, -0.05) is 11.7 Å². The molecule has 1 aromatic rings. The van der Waals surface area contributed by atoms with E-state index in [1.54, 1.807) is 6.08 Å². The Morgan fingerprint density at radius 2 is 2.40 bits per heavy atom. The molecular formula is C7H8N2O. The van der Waals surface area contributed by atoms with Gasteiger partial charge in [-0.3, -0.25) is 0 Å². The van der Waals surface area contributed by atoms with Crippen LogP contribution in [0.4, 0.5) is 0 Å².